The highest BCUT2D eigenvalue weighted by Crippen LogP contribution is 2.28. The van der Waals surface area contributed by atoms with Gasteiger partial charge in [-0.1, -0.05) is 12.8 Å². The Kier molecular flexibility index (Phi) is 5.52. The third kappa shape index (κ3) is 3.79. The molecule has 3 rings (SSSR count). The van der Waals surface area contributed by atoms with Crippen molar-refractivity contribution in [3.05, 3.63) is 29.3 Å². The summed E-state index contributed by atoms with van der Waals surface area (Å²) in [6.45, 7) is 5.96. The minimum absolute atomic E-state index is 0.0754. The number of Topliss-reactive ketones (excluding diaryl/α,β-unsaturated/α-hetero) is 1. The Morgan fingerprint density at radius 2 is 1.88 bits per heavy atom. The van der Waals surface area contributed by atoms with Crippen LogP contribution in [0.1, 0.15) is 61.4 Å². The number of anilines is 1. The van der Waals surface area contributed by atoms with Crippen LogP contribution in [0.3, 0.4) is 0 Å². The monoisotopic (exact) mass is 325 g/mol. The van der Waals surface area contributed by atoms with Crippen molar-refractivity contribution in [1.82, 2.24) is 4.90 Å². The molecule has 4 nitrogen and oxygen atoms in total. The van der Waals surface area contributed by atoms with Crippen molar-refractivity contribution >= 4 is 11.5 Å². The number of rotatable bonds is 3. The predicted octanol–water partition coefficient (Wildman–Crippen LogP) is 3.61. The molecular weight excluding hydrogens is 298 g/mol. The number of carbonyl (C=O) groups is 1. The van der Waals surface area contributed by atoms with E-state index in [9.17, 15) is 10.1 Å². The summed E-state index contributed by atoms with van der Waals surface area (Å²) >= 11 is 0. The number of nitriles is 1. The molecule has 0 spiro atoms. The first-order valence-electron chi connectivity index (χ1n) is 9.23. The van der Waals surface area contributed by atoms with Crippen LogP contribution in [0.4, 0.5) is 5.69 Å². The van der Waals surface area contributed by atoms with Crippen molar-refractivity contribution < 1.29 is 4.79 Å². The van der Waals surface area contributed by atoms with E-state index in [1.54, 1.807) is 13.0 Å². The average molecular weight is 325 g/mol. The summed E-state index contributed by atoms with van der Waals surface area (Å²) in [5, 5.41) is 9.22. The van der Waals surface area contributed by atoms with Gasteiger partial charge < -0.3 is 4.90 Å². The van der Waals surface area contributed by atoms with Crippen molar-refractivity contribution in [2.75, 3.05) is 31.1 Å². The van der Waals surface area contributed by atoms with Crippen molar-refractivity contribution in [2.45, 2.75) is 51.5 Å². The molecule has 0 saturated carbocycles. The fraction of sp³-hybridized carbons (Fsp3) is 0.600. The van der Waals surface area contributed by atoms with Crippen LogP contribution in [-0.2, 0) is 0 Å². The molecule has 2 fully saturated rings. The van der Waals surface area contributed by atoms with Gasteiger partial charge in [0.25, 0.3) is 0 Å². The van der Waals surface area contributed by atoms with Crippen LogP contribution in [0.15, 0.2) is 18.2 Å². The largest absolute Gasteiger partial charge is 0.369 e. The van der Waals surface area contributed by atoms with Gasteiger partial charge in [0, 0.05) is 30.4 Å². The van der Waals surface area contributed by atoms with Gasteiger partial charge in [0.1, 0.15) is 0 Å². The fourth-order valence-electron chi connectivity index (χ4n) is 4.09. The summed E-state index contributed by atoms with van der Waals surface area (Å²) in [5.41, 5.74) is 2.32. The van der Waals surface area contributed by atoms with Gasteiger partial charge in [-0.2, -0.15) is 5.26 Å². The van der Waals surface area contributed by atoms with E-state index in [0.29, 0.717) is 11.6 Å². The van der Waals surface area contributed by atoms with Crippen LogP contribution in [0.25, 0.3) is 0 Å². The number of hydrogen-bond donors (Lipinski definition) is 0. The predicted molar refractivity (Wildman–Crippen MR) is 96.4 cm³/mol. The zero-order chi connectivity index (χ0) is 16.9. The van der Waals surface area contributed by atoms with Crippen LogP contribution in [0, 0.1) is 11.3 Å². The van der Waals surface area contributed by atoms with E-state index in [1.807, 2.05) is 12.1 Å². The maximum Gasteiger partial charge on any atom is 0.161 e. The van der Waals surface area contributed by atoms with Gasteiger partial charge in [-0.3, -0.25) is 9.69 Å². The number of benzene rings is 1. The standard InChI is InChI=1S/C20H27N3O/c1-16(24)19-9-8-17(14-21)13-20(19)23-12-6-7-18(15-23)22-10-4-2-3-5-11-22/h8-9,13,18H,2-7,10-12,15H2,1H3. The summed E-state index contributed by atoms with van der Waals surface area (Å²) in [6, 6.07) is 8.23. The lowest BCUT2D eigenvalue weighted by atomic mass is 9.99. The zero-order valence-corrected chi connectivity index (χ0v) is 14.6. The zero-order valence-electron chi connectivity index (χ0n) is 14.6. The maximum absolute atomic E-state index is 12.0. The van der Waals surface area contributed by atoms with Crippen LogP contribution in [0.5, 0.6) is 0 Å². The molecule has 2 aliphatic heterocycles. The quantitative estimate of drug-likeness (QED) is 0.797. The molecule has 0 bridgehead atoms. The first kappa shape index (κ1) is 17.0. The molecule has 0 aliphatic carbocycles. The van der Waals surface area contributed by atoms with Crippen molar-refractivity contribution in [1.29, 1.82) is 5.26 Å². The molecule has 2 saturated heterocycles. The molecule has 1 aromatic rings. The second kappa shape index (κ2) is 7.81. The highest BCUT2D eigenvalue weighted by atomic mass is 16.1. The first-order chi connectivity index (χ1) is 11.7. The molecule has 1 atom stereocenters. The van der Waals surface area contributed by atoms with Crippen LogP contribution in [0.2, 0.25) is 0 Å². The van der Waals surface area contributed by atoms with E-state index in [2.05, 4.69) is 15.9 Å². The molecule has 0 amide bonds. The highest BCUT2D eigenvalue weighted by molar-refractivity contribution is 6.00. The van der Waals surface area contributed by atoms with Crippen molar-refractivity contribution in [3.63, 3.8) is 0 Å². The van der Waals surface area contributed by atoms with Gasteiger partial charge in [0.15, 0.2) is 5.78 Å². The number of piperidine rings is 1. The maximum atomic E-state index is 12.0. The number of hydrogen-bond acceptors (Lipinski definition) is 4. The molecule has 128 valence electrons. The van der Waals surface area contributed by atoms with Gasteiger partial charge in [-0.25, -0.2) is 0 Å². The third-order valence-corrected chi connectivity index (χ3v) is 5.40. The van der Waals surface area contributed by atoms with Crippen molar-refractivity contribution in [2.24, 2.45) is 0 Å². The lowest BCUT2D eigenvalue weighted by molar-refractivity contribution is 0.101. The van der Waals surface area contributed by atoms with Gasteiger partial charge in [0.2, 0.25) is 0 Å². The molecule has 24 heavy (non-hydrogen) atoms. The molecule has 2 heterocycles. The van der Waals surface area contributed by atoms with Crippen LogP contribution < -0.4 is 4.90 Å². The number of ketones is 1. The van der Waals surface area contributed by atoms with Crippen molar-refractivity contribution in [3.8, 4) is 6.07 Å². The Bertz CT molecular complexity index is 626. The summed E-state index contributed by atoms with van der Waals surface area (Å²) in [6.07, 6.45) is 7.70. The summed E-state index contributed by atoms with van der Waals surface area (Å²) in [5.74, 6) is 0.0754. The van der Waals surface area contributed by atoms with E-state index >= 15 is 0 Å². The normalized spacial score (nSPS) is 22.7. The minimum Gasteiger partial charge on any atom is -0.369 e. The molecule has 2 aliphatic rings. The van der Waals surface area contributed by atoms with E-state index in [1.165, 1.54) is 45.2 Å². The molecular formula is C20H27N3O. The van der Waals surface area contributed by atoms with Gasteiger partial charge in [-0.05, 0) is 63.9 Å². The number of nitrogens with zero attached hydrogens (tertiary/aromatic N) is 3. The molecule has 0 aromatic heterocycles. The molecule has 1 aromatic carbocycles. The van der Waals surface area contributed by atoms with E-state index in [4.69, 9.17) is 0 Å². The van der Waals surface area contributed by atoms with Crippen LogP contribution in [-0.4, -0.2) is 42.9 Å². The lowest BCUT2D eigenvalue weighted by Gasteiger charge is -2.40. The smallest absolute Gasteiger partial charge is 0.161 e. The fourth-order valence-corrected chi connectivity index (χ4v) is 4.09. The topological polar surface area (TPSA) is 47.3 Å². The molecule has 0 radical (unpaired) electrons. The Morgan fingerprint density at radius 1 is 1.12 bits per heavy atom. The second-order valence-electron chi connectivity index (χ2n) is 7.09. The minimum atomic E-state index is 0.0754. The van der Waals surface area contributed by atoms with E-state index in [-0.39, 0.29) is 5.78 Å². The lowest BCUT2D eigenvalue weighted by Crippen LogP contribution is -2.48. The Hall–Kier alpha value is -1.86. The van der Waals surface area contributed by atoms with Crippen LogP contribution >= 0.6 is 0 Å². The number of likely N-dealkylation sites (tertiary alicyclic amines) is 1. The average Bonchev–Trinajstić information content (AvgIpc) is 2.90. The Labute approximate surface area is 145 Å². The third-order valence-electron chi connectivity index (χ3n) is 5.40. The highest BCUT2D eigenvalue weighted by Gasteiger charge is 2.27. The summed E-state index contributed by atoms with van der Waals surface area (Å²) < 4.78 is 0. The van der Waals surface area contributed by atoms with Gasteiger partial charge in [-0.15, -0.1) is 0 Å². The molecule has 1 unspecified atom stereocenters. The SMILES string of the molecule is CC(=O)c1ccc(C#N)cc1N1CCCC(N2CCCCCC2)C1. The van der Waals surface area contributed by atoms with E-state index < -0.39 is 0 Å². The Balaban J connectivity index is 1.81. The summed E-state index contributed by atoms with van der Waals surface area (Å²) in [4.78, 5) is 17.0. The van der Waals surface area contributed by atoms with Gasteiger partial charge >= 0.3 is 0 Å². The summed E-state index contributed by atoms with van der Waals surface area (Å²) in [7, 11) is 0. The Morgan fingerprint density at radius 3 is 2.54 bits per heavy atom. The molecule has 0 N–H and O–H groups in total. The van der Waals surface area contributed by atoms with E-state index in [0.717, 1.165) is 30.8 Å². The van der Waals surface area contributed by atoms with Gasteiger partial charge in [0.05, 0.1) is 11.6 Å². The molecule has 4 heteroatoms. The second-order valence-corrected chi connectivity index (χ2v) is 7.09. The first-order valence-corrected chi connectivity index (χ1v) is 9.23. The number of carbonyl (C=O) groups excluding carboxylic acids is 1.